The van der Waals surface area contributed by atoms with Crippen molar-refractivity contribution in [2.24, 2.45) is 0 Å². The van der Waals surface area contributed by atoms with Crippen LogP contribution in [0.25, 0.3) is 11.1 Å². The van der Waals surface area contributed by atoms with Crippen LogP contribution in [0.2, 0.25) is 0 Å². The van der Waals surface area contributed by atoms with Crippen LogP contribution in [-0.2, 0) is 24.8 Å². The lowest BCUT2D eigenvalue weighted by Gasteiger charge is -2.23. The second-order valence-electron chi connectivity index (χ2n) is 6.12. The Morgan fingerprint density at radius 1 is 1.00 bits per heavy atom. The van der Waals surface area contributed by atoms with Gasteiger partial charge >= 0.3 is 0 Å². The molecule has 158 valence electrons. The monoisotopic (exact) mass is 443 g/mol. The molecule has 0 fully saturated rings. The Kier molecular flexibility index (Phi) is 7.46. The average Bonchev–Trinajstić information content (AvgIpc) is 2.70. The Balaban J connectivity index is 2.25. The molecule has 0 heterocycles. The van der Waals surface area contributed by atoms with Crippen molar-refractivity contribution < 1.29 is 32.0 Å². The van der Waals surface area contributed by atoms with Gasteiger partial charge in [-0.2, -0.15) is 0 Å². The lowest BCUT2D eigenvalue weighted by Crippen LogP contribution is -2.48. The van der Waals surface area contributed by atoms with E-state index >= 15 is 0 Å². The minimum atomic E-state index is -4.52. The summed E-state index contributed by atoms with van der Waals surface area (Å²) in [4.78, 5) is 11.5. The molecule has 0 aliphatic heterocycles. The van der Waals surface area contributed by atoms with Gasteiger partial charge in [-0.3, -0.25) is 15.2 Å². The molecule has 0 aliphatic carbocycles. The Morgan fingerprint density at radius 2 is 1.55 bits per heavy atom. The third-order valence-electron chi connectivity index (χ3n) is 3.97. The van der Waals surface area contributed by atoms with Gasteiger partial charge in [0.15, 0.2) is 0 Å². The van der Waals surface area contributed by atoms with Crippen LogP contribution in [0, 0.1) is 0 Å². The van der Waals surface area contributed by atoms with Gasteiger partial charge in [-0.1, -0.05) is 46.9 Å². The highest BCUT2D eigenvalue weighted by atomic mass is 32.2. The first-order chi connectivity index (χ1) is 13.6. The van der Waals surface area contributed by atoms with E-state index in [-0.39, 0.29) is 15.9 Å². The third-order valence-corrected chi connectivity index (χ3v) is 6.31. The number of hydrogen-bond donors (Lipinski definition) is 4. The number of rotatable bonds is 9. The average molecular weight is 444 g/mol. The molecule has 0 bridgehead atoms. The molecule has 0 aromatic heterocycles. The summed E-state index contributed by atoms with van der Waals surface area (Å²) in [5, 5.41) is 19.0. The summed E-state index contributed by atoms with van der Waals surface area (Å²) in [5.41, 5.74) is 2.87. The number of carbonyl (C=O) groups excluding carboxylic acids is 1. The van der Waals surface area contributed by atoms with E-state index in [4.69, 9.17) is 5.21 Å². The summed E-state index contributed by atoms with van der Waals surface area (Å²) in [7, 11) is -8.11. The summed E-state index contributed by atoms with van der Waals surface area (Å²) in [6.45, 7) is -0.337. The predicted molar refractivity (Wildman–Crippen MR) is 104 cm³/mol. The Labute approximate surface area is 168 Å². The Bertz CT molecular complexity index is 1040. The highest BCUT2D eigenvalue weighted by Crippen LogP contribution is 2.23. The molecule has 10 nitrogen and oxygen atoms in total. The van der Waals surface area contributed by atoms with Gasteiger partial charge in [0.05, 0.1) is 11.2 Å². The first kappa shape index (κ1) is 22.9. The van der Waals surface area contributed by atoms with Gasteiger partial charge in [-0.25, -0.2) is 27.0 Å². The molecule has 0 saturated heterocycles. The van der Waals surface area contributed by atoms with E-state index in [1.54, 1.807) is 12.1 Å². The maximum Gasteiger partial charge on any atom is 0.265 e. The summed E-state index contributed by atoms with van der Waals surface area (Å²) < 4.78 is 49.5. The number of sulfonamides is 2. The van der Waals surface area contributed by atoms with E-state index in [9.17, 15) is 26.8 Å². The number of nitrogens with zero attached hydrogens (tertiary/aromatic N) is 1. The third kappa shape index (κ3) is 6.06. The molecular formula is C17H21N3O7S2. The minimum absolute atomic E-state index is 0.194. The first-order valence-corrected chi connectivity index (χ1v) is 11.7. The maximum absolute atomic E-state index is 12.7. The lowest BCUT2D eigenvalue weighted by atomic mass is 10.1. The normalized spacial score (nSPS) is 13.2. The number of nitrogens with one attached hydrogen (secondary N) is 2. The van der Waals surface area contributed by atoms with Crippen molar-refractivity contribution in [2.45, 2.75) is 17.4 Å². The van der Waals surface area contributed by atoms with Gasteiger partial charge in [0, 0.05) is 6.54 Å². The van der Waals surface area contributed by atoms with Gasteiger partial charge in [-0.15, -0.1) is 0 Å². The largest absolute Gasteiger partial charge is 0.298 e. The van der Waals surface area contributed by atoms with Crippen molar-refractivity contribution in [3.8, 4) is 11.1 Å². The van der Waals surface area contributed by atoms with Gasteiger partial charge < -0.3 is 0 Å². The van der Waals surface area contributed by atoms with Crippen LogP contribution >= 0.6 is 0 Å². The molecule has 2 aromatic rings. The van der Waals surface area contributed by atoms with Gasteiger partial charge in [0.1, 0.15) is 6.04 Å². The predicted octanol–water partition coefficient (Wildman–Crippen LogP) is 0.547. The molecule has 4 N–H and O–H groups in total. The van der Waals surface area contributed by atoms with Crippen molar-refractivity contribution in [1.82, 2.24) is 14.7 Å². The number of carbonyl (C=O) groups is 1. The molecule has 1 atom stereocenters. The zero-order valence-electron chi connectivity index (χ0n) is 15.4. The van der Waals surface area contributed by atoms with E-state index in [0.29, 0.717) is 0 Å². The van der Waals surface area contributed by atoms with Crippen molar-refractivity contribution in [3.05, 3.63) is 54.6 Å². The van der Waals surface area contributed by atoms with Crippen molar-refractivity contribution in [3.63, 3.8) is 0 Å². The van der Waals surface area contributed by atoms with Gasteiger partial charge in [0.25, 0.3) is 15.9 Å². The van der Waals surface area contributed by atoms with Gasteiger partial charge in [0.2, 0.25) is 10.0 Å². The number of amides is 1. The maximum atomic E-state index is 12.7. The quantitative estimate of drug-likeness (QED) is 0.326. The van der Waals surface area contributed by atoms with Crippen molar-refractivity contribution in [2.75, 3.05) is 12.8 Å². The fraction of sp³-hybridized carbons (Fsp3) is 0.235. The molecule has 0 saturated carbocycles. The van der Waals surface area contributed by atoms with Crippen LogP contribution in [0.1, 0.15) is 6.42 Å². The molecule has 2 rings (SSSR count). The summed E-state index contributed by atoms with van der Waals surface area (Å²) in [6.07, 6.45) is 0.465. The second-order valence-corrected chi connectivity index (χ2v) is 9.74. The summed E-state index contributed by atoms with van der Waals surface area (Å²) in [5.74, 6) is -1.22. The first-order valence-electron chi connectivity index (χ1n) is 8.33. The van der Waals surface area contributed by atoms with Crippen LogP contribution in [0.4, 0.5) is 0 Å². The highest BCUT2D eigenvalue weighted by Gasteiger charge is 2.35. The number of benzene rings is 2. The van der Waals surface area contributed by atoms with Gasteiger partial charge in [-0.05, 0) is 29.7 Å². The summed E-state index contributed by atoms with van der Waals surface area (Å²) in [6, 6.07) is 13.1. The Morgan fingerprint density at radius 3 is 2.07 bits per heavy atom. The molecular weight excluding hydrogens is 422 g/mol. The van der Waals surface area contributed by atoms with E-state index in [2.05, 4.69) is 4.72 Å². The smallest absolute Gasteiger partial charge is 0.265 e. The molecule has 0 spiro atoms. The fourth-order valence-corrected chi connectivity index (χ4v) is 4.24. The SMILES string of the molecule is CS(=O)(=O)NCC[C@H](C(=O)NO)N(O)S(=O)(=O)c1ccc(-c2ccccc2)cc1. The van der Waals surface area contributed by atoms with E-state index < -0.39 is 38.4 Å². The van der Waals surface area contributed by atoms with E-state index in [1.807, 2.05) is 30.3 Å². The molecule has 2 aromatic carbocycles. The molecule has 29 heavy (non-hydrogen) atoms. The summed E-state index contributed by atoms with van der Waals surface area (Å²) >= 11 is 0. The fourth-order valence-electron chi connectivity index (χ4n) is 2.52. The standard InChI is InChI=1S/C17H21N3O7S2/c1-28(24,25)18-12-11-16(17(21)19-22)20(23)29(26,27)15-9-7-14(8-10-15)13-5-3-2-4-6-13/h2-10,16,18,22-23H,11-12H2,1H3,(H,19,21)/t16-/m1/s1. The minimum Gasteiger partial charge on any atom is -0.298 e. The van der Waals surface area contributed by atoms with E-state index in [1.165, 1.54) is 17.6 Å². The molecule has 12 heteroatoms. The molecule has 0 radical (unpaired) electrons. The van der Waals surface area contributed by atoms with Crippen LogP contribution in [-0.4, -0.2) is 56.5 Å². The van der Waals surface area contributed by atoms with Crippen LogP contribution in [0.15, 0.2) is 59.5 Å². The van der Waals surface area contributed by atoms with Crippen LogP contribution in [0.5, 0.6) is 0 Å². The molecule has 0 aliphatic rings. The zero-order chi connectivity index (χ0) is 21.7. The van der Waals surface area contributed by atoms with E-state index in [0.717, 1.165) is 17.4 Å². The van der Waals surface area contributed by atoms with Crippen LogP contribution < -0.4 is 10.2 Å². The lowest BCUT2D eigenvalue weighted by molar-refractivity contribution is -0.143. The van der Waals surface area contributed by atoms with Crippen LogP contribution in [0.3, 0.4) is 0 Å². The zero-order valence-corrected chi connectivity index (χ0v) is 17.0. The topological polar surface area (TPSA) is 153 Å². The highest BCUT2D eigenvalue weighted by molar-refractivity contribution is 7.89. The number of hydroxylamine groups is 2. The van der Waals surface area contributed by atoms with Crippen molar-refractivity contribution in [1.29, 1.82) is 0 Å². The van der Waals surface area contributed by atoms with Crippen molar-refractivity contribution >= 4 is 26.0 Å². The second kappa shape index (κ2) is 9.43. The molecule has 1 amide bonds. The number of hydrogen-bond acceptors (Lipinski definition) is 7. The molecule has 0 unspecified atom stereocenters. The Hall–Kier alpha value is -2.35.